The highest BCUT2D eigenvalue weighted by Gasteiger charge is 2.09. The predicted octanol–water partition coefficient (Wildman–Crippen LogP) is 7.33. The highest BCUT2D eigenvalue weighted by Crippen LogP contribution is 2.19. The van der Waals surface area contributed by atoms with Crippen LogP contribution in [-0.2, 0) is 0 Å². The number of ether oxygens (including phenoxy) is 2. The van der Waals surface area contributed by atoms with Gasteiger partial charge in [-0.05, 0) is 85.6 Å². The van der Waals surface area contributed by atoms with E-state index < -0.39 is 0 Å². The first kappa shape index (κ1) is 26.8. The van der Waals surface area contributed by atoms with Gasteiger partial charge in [0.05, 0.1) is 13.2 Å². The molecule has 190 valence electrons. The van der Waals surface area contributed by atoms with Crippen LogP contribution in [0.3, 0.4) is 0 Å². The van der Waals surface area contributed by atoms with E-state index in [0.29, 0.717) is 35.7 Å². The van der Waals surface area contributed by atoms with E-state index in [1.54, 1.807) is 48.5 Å². The van der Waals surface area contributed by atoms with Crippen LogP contribution >= 0.6 is 0 Å². The first-order valence-electron chi connectivity index (χ1n) is 12.8. The molecule has 0 aliphatic carbocycles. The van der Waals surface area contributed by atoms with Crippen LogP contribution in [-0.4, -0.2) is 25.0 Å². The Morgan fingerprint density at radius 1 is 0.556 bits per heavy atom. The molecular formula is C30H36N2O4. The molecule has 0 radical (unpaired) electrons. The molecule has 3 aromatic carbocycles. The van der Waals surface area contributed by atoms with Gasteiger partial charge in [0.25, 0.3) is 11.8 Å². The average Bonchev–Trinajstić information content (AvgIpc) is 2.91. The van der Waals surface area contributed by atoms with Crippen LogP contribution in [0.2, 0.25) is 0 Å². The SMILES string of the molecule is CCCCCOc1ccc(C(=O)Nc2ccc(NC(=O)c3ccc(OCCCCC)cc3)cc2)cc1. The molecule has 36 heavy (non-hydrogen) atoms. The number of benzene rings is 3. The lowest BCUT2D eigenvalue weighted by molar-refractivity contribution is 0.101. The number of anilines is 2. The van der Waals surface area contributed by atoms with Gasteiger partial charge in [-0.1, -0.05) is 39.5 Å². The van der Waals surface area contributed by atoms with Crippen LogP contribution in [0.4, 0.5) is 11.4 Å². The third-order valence-corrected chi connectivity index (χ3v) is 5.67. The monoisotopic (exact) mass is 488 g/mol. The molecule has 2 amide bonds. The lowest BCUT2D eigenvalue weighted by Crippen LogP contribution is -2.13. The number of hydrogen-bond acceptors (Lipinski definition) is 4. The smallest absolute Gasteiger partial charge is 0.255 e. The predicted molar refractivity (Wildman–Crippen MR) is 145 cm³/mol. The fraction of sp³-hybridized carbons (Fsp3) is 0.333. The molecule has 0 bridgehead atoms. The summed E-state index contributed by atoms with van der Waals surface area (Å²) in [6.45, 7) is 5.67. The molecule has 0 atom stereocenters. The Morgan fingerprint density at radius 2 is 0.917 bits per heavy atom. The van der Waals surface area contributed by atoms with E-state index in [-0.39, 0.29) is 11.8 Å². The zero-order valence-electron chi connectivity index (χ0n) is 21.2. The Morgan fingerprint density at radius 3 is 1.25 bits per heavy atom. The second-order valence-corrected chi connectivity index (χ2v) is 8.65. The van der Waals surface area contributed by atoms with Crippen LogP contribution in [0.1, 0.15) is 73.1 Å². The molecule has 0 heterocycles. The van der Waals surface area contributed by atoms with Gasteiger partial charge >= 0.3 is 0 Å². The highest BCUT2D eigenvalue weighted by molar-refractivity contribution is 6.05. The van der Waals surface area contributed by atoms with Gasteiger partial charge in [-0.3, -0.25) is 9.59 Å². The maximum atomic E-state index is 12.6. The van der Waals surface area contributed by atoms with E-state index in [9.17, 15) is 9.59 Å². The molecule has 0 saturated heterocycles. The number of nitrogens with one attached hydrogen (secondary N) is 2. The van der Waals surface area contributed by atoms with Crippen molar-refractivity contribution in [2.75, 3.05) is 23.8 Å². The zero-order chi connectivity index (χ0) is 25.6. The second-order valence-electron chi connectivity index (χ2n) is 8.65. The zero-order valence-corrected chi connectivity index (χ0v) is 21.2. The fourth-order valence-corrected chi connectivity index (χ4v) is 3.53. The summed E-state index contributed by atoms with van der Waals surface area (Å²) in [5.41, 5.74) is 2.38. The maximum Gasteiger partial charge on any atom is 0.255 e. The molecule has 0 aliphatic rings. The summed E-state index contributed by atoms with van der Waals surface area (Å²) in [5.74, 6) is 1.11. The van der Waals surface area contributed by atoms with E-state index in [1.165, 1.54) is 0 Å². The van der Waals surface area contributed by atoms with Gasteiger partial charge in [-0.15, -0.1) is 0 Å². The molecule has 0 spiro atoms. The summed E-state index contributed by atoms with van der Waals surface area (Å²) in [5, 5.41) is 5.75. The lowest BCUT2D eigenvalue weighted by atomic mass is 10.2. The van der Waals surface area contributed by atoms with Crippen molar-refractivity contribution in [3.63, 3.8) is 0 Å². The molecule has 0 aromatic heterocycles. The Hall–Kier alpha value is -3.80. The van der Waals surface area contributed by atoms with E-state index in [0.717, 1.165) is 50.0 Å². The van der Waals surface area contributed by atoms with Crippen LogP contribution in [0.5, 0.6) is 11.5 Å². The fourth-order valence-electron chi connectivity index (χ4n) is 3.53. The number of rotatable bonds is 14. The number of amides is 2. The third kappa shape index (κ3) is 8.77. The van der Waals surface area contributed by atoms with Gasteiger partial charge in [0.2, 0.25) is 0 Å². The van der Waals surface area contributed by atoms with Gasteiger partial charge < -0.3 is 20.1 Å². The standard InChI is InChI=1S/C30H36N2O4/c1-3-5-7-21-35-27-17-9-23(10-18-27)29(33)31-25-13-15-26(16-14-25)32-30(34)24-11-19-28(20-12-24)36-22-8-6-4-2/h9-20H,3-8,21-22H2,1-2H3,(H,31,33)(H,32,34). The number of carbonyl (C=O) groups excluding carboxylic acids is 2. The molecule has 0 unspecified atom stereocenters. The van der Waals surface area contributed by atoms with E-state index in [1.807, 2.05) is 24.3 Å². The van der Waals surface area contributed by atoms with Crippen LogP contribution < -0.4 is 20.1 Å². The van der Waals surface area contributed by atoms with Gasteiger partial charge in [0.1, 0.15) is 11.5 Å². The normalized spacial score (nSPS) is 10.5. The van der Waals surface area contributed by atoms with Crippen molar-refractivity contribution < 1.29 is 19.1 Å². The summed E-state index contributed by atoms with van der Waals surface area (Å²) in [4.78, 5) is 25.1. The third-order valence-electron chi connectivity index (χ3n) is 5.67. The summed E-state index contributed by atoms with van der Waals surface area (Å²) < 4.78 is 11.4. The molecule has 3 aromatic rings. The molecule has 3 rings (SSSR count). The van der Waals surface area contributed by atoms with Crippen molar-refractivity contribution in [1.29, 1.82) is 0 Å². The number of hydrogen-bond donors (Lipinski definition) is 2. The molecule has 2 N–H and O–H groups in total. The first-order valence-corrected chi connectivity index (χ1v) is 12.8. The highest BCUT2D eigenvalue weighted by atomic mass is 16.5. The Kier molecular flexibility index (Phi) is 10.8. The molecule has 0 aliphatic heterocycles. The largest absolute Gasteiger partial charge is 0.494 e. The Bertz CT molecular complexity index is 989. The van der Waals surface area contributed by atoms with Crippen molar-refractivity contribution in [2.45, 2.75) is 52.4 Å². The minimum Gasteiger partial charge on any atom is -0.494 e. The second kappa shape index (κ2) is 14.6. The van der Waals surface area contributed by atoms with Gasteiger partial charge in [0.15, 0.2) is 0 Å². The average molecular weight is 489 g/mol. The van der Waals surface area contributed by atoms with E-state index in [4.69, 9.17) is 9.47 Å². The van der Waals surface area contributed by atoms with Crippen molar-refractivity contribution in [1.82, 2.24) is 0 Å². The van der Waals surface area contributed by atoms with Crippen molar-refractivity contribution >= 4 is 23.2 Å². The van der Waals surface area contributed by atoms with Crippen molar-refractivity contribution in [2.24, 2.45) is 0 Å². The van der Waals surface area contributed by atoms with Crippen LogP contribution in [0, 0.1) is 0 Å². The first-order chi connectivity index (χ1) is 17.6. The minimum absolute atomic E-state index is 0.207. The van der Waals surface area contributed by atoms with Gasteiger partial charge in [-0.25, -0.2) is 0 Å². The number of unbranched alkanes of at least 4 members (excludes halogenated alkanes) is 4. The number of carbonyl (C=O) groups is 2. The molecule has 6 nitrogen and oxygen atoms in total. The minimum atomic E-state index is -0.207. The van der Waals surface area contributed by atoms with E-state index in [2.05, 4.69) is 24.5 Å². The quantitative estimate of drug-likeness (QED) is 0.233. The van der Waals surface area contributed by atoms with Gasteiger partial charge in [-0.2, -0.15) is 0 Å². The lowest BCUT2D eigenvalue weighted by Gasteiger charge is -2.10. The Labute approximate surface area is 214 Å². The molecule has 0 fully saturated rings. The van der Waals surface area contributed by atoms with Crippen molar-refractivity contribution in [3.8, 4) is 11.5 Å². The van der Waals surface area contributed by atoms with Crippen LogP contribution in [0.15, 0.2) is 72.8 Å². The summed E-state index contributed by atoms with van der Waals surface area (Å²) >= 11 is 0. The van der Waals surface area contributed by atoms with Crippen LogP contribution in [0.25, 0.3) is 0 Å². The molecular weight excluding hydrogens is 452 g/mol. The van der Waals surface area contributed by atoms with Gasteiger partial charge in [0, 0.05) is 22.5 Å². The Balaban J connectivity index is 1.47. The summed E-state index contributed by atoms with van der Waals surface area (Å²) in [7, 11) is 0. The topological polar surface area (TPSA) is 76.7 Å². The molecule has 6 heteroatoms. The van der Waals surface area contributed by atoms with Crippen molar-refractivity contribution in [3.05, 3.63) is 83.9 Å². The summed E-state index contributed by atoms with van der Waals surface area (Å²) in [6, 6.07) is 21.3. The van der Waals surface area contributed by atoms with E-state index >= 15 is 0 Å². The molecule has 0 saturated carbocycles. The summed E-state index contributed by atoms with van der Waals surface area (Å²) in [6.07, 6.45) is 6.64. The maximum absolute atomic E-state index is 12.6.